The van der Waals surface area contributed by atoms with E-state index in [-0.39, 0.29) is 11.8 Å². The molecule has 0 saturated heterocycles. The summed E-state index contributed by atoms with van der Waals surface area (Å²) in [5.74, 6) is 1.70. The minimum atomic E-state index is 0.135. The molecule has 0 unspecified atom stereocenters. The number of anilines is 1. The average molecular weight is 274 g/mol. The lowest BCUT2D eigenvalue weighted by atomic mass is 9.69. The number of aryl methyl sites for hydroxylation is 1. The Bertz CT molecular complexity index is 468. The number of rotatable bonds is 2. The predicted molar refractivity (Wildman–Crippen MR) is 82.5 cm³/mol. The van der Waals surface area contributed by atoms with Crippen LogP contribution in [0.15, 0.2) is 18.3 Å². The maximum Gasteiger partial charge on any atom is 0.228 e. The quantitative estimate of drug-likeness (QED) is 0.879. The van der Waals surface area contributed by atoms with Crippen LogP contribution in [0.2, 0.25) is 0 Å². The van der Waals surface area contributed by atoms with Gasteiger partial charge in [0.1, 0.15) is 5.82 Å². The van der Waals surface area contributed by atoms with E-state index < -0.39 is 0 Å². The molecule has 110 valence electrons. The number of hydrogen-bond donors (Lipinski definition) is 1. The summed E-state index contributed by atoms with van der Waals surface area (Å²) >= 11 is 0. The van der Waals surface area contributed by atoms with Crippen LogP contribution in [-0.2, 0) is 4.79 Å². The lowest BCUT2D eigenvalue weighted by Gasteiger charge is -2.36. The number of nitrogens with one attached hydrogen (secondary N) is 1. The van der Waals surface area contributed by atoms with Crippen molar-refractivity contribution in [3.05, 3.63) is 23.9 Å². The van der Waals surface area contributed by atoms with Crippen molar-refractivity contribution in [1.29, 1.82) is 0 Å². The molecule has 1 aliphatic rings. The lowest BCUT2D eigenvalue weighted by molar-refractivity contribution is -0.121. The van der Waals surface area contributed by atoms with Crippen molar-refractivity contribution in [3.8, 4) is 0 Å². The van der Waals surface area contributed by atoms with Crippen LogP contribution in [0.3, 0.4) is 0 Å². The van der Waals surface area contributed by atoms with Gasteiger partial charge in [0.15, 0.2) is 0 Å². The molecule has 0 bridgehead atoms. The number of hydrogen-bond acceptors (Lipinski definition) is 2. The third-order valence-corrected chi connectivity index (χ3v) is 4.49. The third kappa shape index (κ3) is 3.81. The Morgan fingerprint density at radius 2 is 1.90 bits per heavy atom. The highest BCUT2D eigenvalue weighted by Gasteiger charge is 2.32. The molecule has 0 radical (unpaired) electrons. The van der Waals surface area contributed by atoms with Gasteiger partial charge in [-0.05, 0) is 61.6 Å². The predicted octanol–water partition coefficient (Wildman–Crippen LogP) is 4.18. The maximum absolute atomic E-state index is 12.3. The molecule has 0 aliphatic heterocycles. The van der Waals surface area contributed by atoms with E-state index in [2.05, 4.69) is 31.1 Å². The Morgan fingerprint density at radius 1 is 1.25 bits per heavy atom. The van der Waals surface area contributed by atoms with Crippen LogP contribution in [0.1, 0.15) is 52.0 Å². The molecule has 1 aromatic rings. The van der Waals surface area contributed by atoms with E-state index in [1.54, 1.807) is 6.20 Å². The van der Waals surface area contributed by atoms with Crippen molar-refractivity contribution in [3.63, 3.8) is 0 Å². The molecule has 1 aromatic heterocycles. The summed E-state index contributed by atoms with van der Waals surface area (Å²) in [5.41, 5.74) is 1.48. The Kier molecular flexibility index (Phi) is 4.46. The van der Waals surface area contributed by atoms with E-state index in [0.29, 0.717) is 11.2 Å². The monoisotopic (exact) mass is 274 g/mol. The molecule has 1 amide bonds. The Hall–Kier alpha value is -1.38. The fourth-order valence-electron chi connectivity index (χ4n) is 3.05. The standard InChI is InChI=1S/C17H26N2O/c1-12-9-10-18-15(11-12)19-16(20)13-5-7-14(8-6-13)17(2,3)4/h9-11,13-14H,5-8H2,1-4H3,(H,18,19,20). The summed E-state index contributed by atoms with van der Waals surface area (Å²) in [6, 6.07) is 3.85. The van der Waals surface area contributed by atoms with E-state index in [1.165, 1.54) is 0 Å². The summed E-state index contributed by atoms with van der Waals surface area (Å²) in [7, 11) is 0. The Labute approximate surface area is 122 Å². The zero-order valence-corrected chi connectivity index (χ0v) is 13.1. The van der Waals surface area contributed by atoms with E-state index in [1.807, 2.05) is 19.1 Å². The molecular formula is C17H26N2O. The highest BCUT2D eigenvalue weighted by atomic mass is 16.1. The first-order valence-corrected chi connectivity index (χ1v) is 7.60. The molecule has 2 rings (SSSR count). The maximum atomic E-state index is 12.3. The number of pyridine rings is 1. The van der Waals surface area contributed by atoms with E-state index in [0.717, 1.165) is 37.2 Å². The number of aromatic nitrogens is 1. The molecule has 1 saturated carbocycles. The zero-order valence-electron chi connectivity index (χ0n) is 13.1. The van der Waals surface area contributed by atoms with Crippen molar-refractivity contribution < 1.29 is 4.79 Å². The molecule has 1 fully saturated rings. The first-order valence-electron chi connectivity index (χ1n) is 7.60. The first-order chi connectivity index (χ1) is 9.36. The summed E-state index contributed by atoms with van der Waals surface area (Å²) < 4.78 is 0. The average Bonchev–Trinajstić information content (AvgIpc) is 2.38. The number of nitrogens with zero attached hydrogens (tertiary/aromatic N) is 1. The fraction of sp³-hybridized carbons (Fsp3) is 0.647. The van der Waals surface area contributed by atoms with Gasteiger partial charge in [0.05, 0.1) is 0 Å². The van der Waals surface area contributed by atoms with Crippen LogP contribution in [0.4, 0.5) is 5.82 Å². The zero-order chi connectivity index (χ0) is 14.8. The van der Waals surface area contributed by atoms with Gasteiger partial charge in [-0.3, -0.25) is 4.79 Å². The van der Waals surface area contributed by atoms with Crippen molar-refractivity contribution in [1.82, 2.24) is 4.98 Å². The van der Waals surface area contributed by atoms with Gasteiger partial charge in [-0.25, -0.2) is 4.98 Å². The summed E-state index contributed by atoms with van der Waals surface area (Å²) in [6.07, 6.45) is 6.05. The minimum absolute atomic E-state index is 0.135. The molecule has 0 spiro atoms. The van der Waals surface area contributed by atoms with Gasteiger partial charge < -0.3 is 5.32 Å². The van der Waals surface area contributed by atoms with Gasteiger partial charge in [-0.2, -0.15) is 0 Å². The first kappa shape index (κ1) is 15.0. The smallest absolute Gasteiger partial charge is 0.228 e. The molecule has 20 heavy (non-hydrogen) atoms. The van der Waals surface area contributed by atoms with Crippen molar-refractivity contribution >= 4 is 11.7 Å². The number of amides is 1. The van der Waals surface area contributed by atoms with Crippen LogP contribution in [0.5, 0.6) is 0 Å². The molecule has 1 heterocycles. The normalized spacial score (nSPS) is 23.4. The number of carbonyl (C=O) groups is 1. The topological polar surface area (TPSA) is 42.0 Å². The van der Waals surface area contributed by atoms with Crippen LogP contribution >= 0.6 is 0 Å². The van der Waals surface area contributed by atoms with Gasteiger partial charge in [0, 0.05) is 12.1 Å². The van der Waals surface area contributed by atoms with Crippen molar-refractivity contribution in [2.75, 3.05) is 5.32 Å². The van der Waals surface area contributed by atoms with Gasteiger partial charge in [0.25, 0.3) is 0 Å². The Morgan fingerprint density at radius 3 is 2.45 bits per heavy atom. The van der Waals surface area contributed by atoms with E-state index >= 15 is 0 Å². The van der Waals surface area contributed by atoms with E-state index in [9.17, 15) is 4.79 Å². The Balaban J connectivity index is 1.89. The minimum Gasteiger partial charge on any atom is -0.310 e. The van der Waals surface area contributed by atoms with Crippen molar-refractivity contribution in [2.24, 2.45) is 17.3 Å². The second-order valence-corrected chi connectivity index (χ2v) is 7.12. The third-order valence-electron chi connectivity index (χ3n) is 4.49. The largest absolute Gasteiger partial charge is 0.310 e. The fourth-order valence-corrected chi connectivity index (χ4v) is 3.05. The second-order valence-electron chi connectivity index (χ2n) is 7.12. The van der Waals surface area contributed by atoms with Gasteiger partial charge in [-0.1, -0.05) is 20.8 Å². The molecular weight excluding hydrogens is 248 g/mol. The van der Waals surface area contributed by atoms with Gasteiger partial charge in [0.2, 0.25) is 5.91 Å². The van der Waals surface area contributed by atoms with Gasteiger partial charge >= 0.3 is 0 Å². The van der Waals surface area contributed by atoms with E-state index in [4.69, 9.17) is 0 Å². The van der Waals surface area contributed by atoms with Crippen LogP contribution in [-0.4, -0.2) is 10.9 Å². The van der Waals surface area contributed by atoms with Gasteiger partial charge in [-0.15, -0.1) is 0 Å². The number of carbonyl (C=O) groups excluding carboxylic acids is 1. The summed E-state index contributed by atoms with van der Waals surface area (Å²) in [4.78, 5) is 16.5. The molecule has 1 N–H and O–H groups in total. The molecule has 1 aliphatic carbocycles. The molecule has 3 heteroatoms. The summed E-state index contributed by atoms with van der Waals surface area (Å²) in [6.45, 7) is 8.91. The van der Waals surface area contributed by atoms with Crippen LogP contribution in [0.25, 0.3) is 0 Å². The molecule has 0 atom stereocenters. The van der Waals surface area contributed by atoms with Crippen LogP contribution < -0.4 is 5.32 Å². The molecule has 0 aromatic carbocycles. The highest BCUT2D eigenvalue weighted by molar-refractivity contribution is 5.91. The lowest BCUT2D eigenvalue weighted by Crippen LogP contribution is -2.31. The second kappa shape index (κ2) is 5.94. The SMILES string of the molecule is Cc1ccnc(NC(=O)C2CCC(C(C)(C)C)CC2)c1. The van der Waals surface area contributed by atoms with Crippen molar-refractivity contribution in [2.45, 2.75) is 53.4 Å². The van der Waals surface area contributed by atoms with Crippen LogP contribution in [0, 0.1) is 24.2 Å². The summed E-state index contributed by atoms with van der Waals surface area (Å²) in [5, 5.41) is 2.96. The highest BCUT2D eigenvalue weighted by Crippen LogP contribution is 2.39. The molecule has 3 nitrogen and oxygen atoms in total.